The van der Waals surface area contributed by atoms with Crippen LogP contribution in [-0.4, -0.2) is 73.4 Å². The van der Waals surface area contributed by atoms with E-state index < -0.39 is 17.8 Å². The number of carbonyl (C=O) groups excluding carboxylic acids is 1. The predicted octanol–water partition coefficient (Wildman–Crippen LogP) is -1.11. The minimum absolute atomic E-state index is 0.162. The summed E-state index contributed by atoms with van der Waals surface area (Å²) < 4.78 is 5.62. The Balaban J connectivity index is 1.49. The zero-order chi connectivity index (χ0) is 14.8. The summed E-state index contributed by atoms with van der Waals surface area (Å²) in [5.41, 5.74) is 0. The predicted molar refractivity (Wildman–Crippen MR) is 74.8 cm³/mol. The molecule has 2 bridgehead atoms. The van der Waals surface area contributed by atoms with Gasteiger partial charge in [-0.15, -0.1) is 0 Å². The smallest absolute Gasteiger partial charge is 0.310 e. The molecule has 0 radical (unpaired) electrons. The van der Waals surface area contributed by atoms with Gasteiger partial charge in [0.05, 0.1) is 24.0 Å². The molecule has 0 aromatic rings. The molecule has 3 aliphatic heterocycles. The van der Waals surface area contributed by atoms with Crippen molar-refractivity contribution in [2.45, 2.75) is 25.0 Å². The Kier molecular flexibility index (Phi) is 4.42. The van der Waals surface area contributed by atoms with E-state index in [0.29, 0.717) is 6.54 Å². The average Bonchev–Trinajstić information content (AvgIpc) is 3.08. The lowest BCUT2D eigenvalue weighted by molar-refractivity contribution is -0.147. The highest BCUT2D eigenvalue weighted by Gasteiger charge is 2.55. The van der Waals surface area contributed by atoms with Crippen LogP contribution in [-0.2, 0) is 14.3 Å². The van der Waals surface area contributed by atoms with Crippen molar-refractivity contribution in [3.05, 3.63) is 0 Å². The third-order valence-corrected chi connectivity index (χ3v) is 4.80. The summed E-state index contributed by atoms with van der Waals surface area (Å²) in [6.07, 6.45) is 1.06. The van der Waals surface area contributed by atoms with Gasteiger partial charge in [0.25, 0.3) is 0 Å². The van der Waals surface area contributed by atoms with Crippen LogP contribution < -0.4 is 10.6 Å². The molecule has 0 saturated carbocycles. The van der Waals surface area contributed by atoms with E-state index in [1.54, 1.807) is 0 Å². The molecular weight excluding hydrogens is 274 g/mol. The van der Waals surface area contributed by atoms with Gasteiger partial charge in [-0.05, 0) is 12.8 Å². The number of nitrogens with zero attached hydrogens (tertiary/aromatic N) is 1. The number of carboxylic acid groups (broad SMARTS) is 1. The summed E-state index contributed by atoms with van der Waals surface area (Å²) in [5.74, 6) is -2.28. The van der Waals surface area contributed by atoms with Crippen LogP contribution >= 0.6 is 0 Å². The van der Waals surface area contributed by atoms with Crippen LogP contribution in [0.15, 0.2) is 0 Å². The SMILES string of the molecule is O=C(O)C1C(C(=O)NCCN2CCNCC2)[C@H]2CC[C@@H]1O2. The highest BCUT2D eigenvalue weighted by molar-refractivity contribution is 5.86. The van der Waals surface area contributed by atoms with Crippen molar-refractivity contribution in [2.75, 3.05) is 39.3 Å². The fourth-order valence-electron chi connectivity index (χ4n) is 3.71. The van der Waals surface area contributed by atoms with Gasteiger partial charge in [-0.2, -0.15) is 0 Å². The number of carbonyl (C=O) groups is 2. The van der Waals surface area contributed by atoms with Crippen LogP contribution in [0.4, 0.5) is 0 Å². The van der Waals surface area contributed by atoms with Crippen molar-refractivity contribution in [2.24, 2.45) is 11.8 Å². The van der Waals surface area contributed by atoms with Crippen LogP contribution in [0, 0.1) is 11.8 Å². The maximum absolute atomic E-state index is 12.3. The molecule has 7 heteroatoms. The summed E-state index contributed by atoms with van der Waals surface area (Å²) in [4.78, 5) is 26.0. The van der Waals surface area contributed by atoms with Crippen LogP contribution in [0.25, 0.3) is 0 Å². The van der Waals surface area contributed by atoms with E-state index in [9.17, 15) is 14.7 Å². The summed E-state index contributed by atoms with van der Waals surface area (Å²) in [7, 11) is 0. The number of fused-ring (bicyclic) bond motifs is 2. The molecular formula is C14H23N3O4. The third kappa shape index (κ3) is 3.04. The molecule has 21 heavy (non-hydrogen) atoms. The fraction of sp³-hybridized carbons (Fsp3) is 0.857. The van der Waals surface area contributed by atoms with Gasteiger partial charge in [0.2, 0.25) is 5.91 Å². The van der Waals surface area contributed by atoms with E-state index in [1.165, 1.54) is 0 Å². The maximum Gasteiger partial charge on any atom is 0.310 e. The number of rotatable bonds is 5. The zero-order valence-corrected chi connectivity index (χ0v) is 12.1. The fourth-order valence-corrected chi connectivity index (χ4v) is 3.71. The van der Waals surface area contributed by atoms with Gasteiger partial charge in [0.15, 0.2) is 0 Å². The molecule has 3 saturated heterocycles. The Morgan fingerprint density at radius 1 is 1.19 bits per heavy atom. The Labute approximate surface area is 124 Å². The molecule has 118 valence electrons. The number of carboxylic acids is 1. The summed E-state index contributed by atoms with van der Waals surface area (Å²) in [6, 6.07) is 0. The van der Waals surface area contributed by atoms with Crippen molar-refractivity contribution >= 4 is 11.9 Å². The first-order valence-electron chi connectivity index (χ1n) is 7.76. The Hall–Kier alpha value is -1.18. The van der Waals surface area contributed by atoms with Crippen molar-refractivity contribution < 1.29 is 19.4 Å². The third-order valence-electron chi connectivity index (χ3n) is 4.80. The minimum Gasteiger partial charge on any atom is -0.481 e. The Bertz CT molecular complexity index is 411. The lowest BCUT2D eigenvalue weighted by Gasteiger charge is -2.28. The first-order valence-corrected chi connectivity index (χ1v) is 7.76. The Morgan fingerprint density at radius 3 is 2.52 bits per heavy atom. The van der Waals surface area contributed by atoms with Crippen molar-refractivity contribution in [3.8, 4) is 0 Å². The van der Waals surface area contributed by atoms with E-state index in [2.05, 4.69) is 15.5 Å². The molecule has 0 aliphatic carbocycles. The second kappa shape index (κ2) is 6.29. The second-order valence-corrected chi connectivity index (χ2v) is 6.06. The van der Waals surface area contributed by atoms with E-state index in [0.717, 1.165) is 45.6 Å². The Morgan fingerprint density at radius 2 is 1.86 bits per heavy atom. The summed E-state index contributed by atoms with van der Waals surface area (Å²) >= 11 is 0. The lowest BCUT2D eigenvalue weighted by Crippen LogP contribution is -2.48. The van der Waals surface area contributed by atoms with E-state index in [4.69, 9.17) is 4.74 Å². The topological polar surface area (TPSA) is 90.9 Å². The van der Waals surface area contributed by atoms with Gasteiger partial charge in [-0.1, -0.05) is 0 Å². The van der Waals surface area contributed by atoms with E-state index in [1.807, 2.05) is 0 Å². The van der Waals surface area contributed by atoms with Gasteiger partial charge in [-0.3, -0.25) is 14.5 Å². The molecule has 2 unspecified atom stereocenters. The highest BCUT2D eigenvalue weighted by atomic mass is 16.5. The number of ether oxygens (including phenoxy) is 1. The maximum atomic E-state index is 12.3. The van der Waals surface area contributed by atoms with Crippen molar-refractivity contribution in [1.82, 2.24) is 15.5 Å². The normalized spacial score (nSPS) is 35.8. The lowest BCUT2D eigenvalue weighted by atomic mass is 9.79. The van der Waals surface area contributed by atoms with Gasteiger partial charge >= 0.3 is 5.97 Å². The molecule has 3 heterocycles. The summed E-state index contributed by atoms with van der Waals surface area (Å²) in [5, 5.41) is 15.5. The van der Waals surface area contributed by atoms with Crippen LogP contribution in [0.5, 0.6) is 0 Å². The number of aliphatic carboxylic acids is 1. The van der Waals surface area contributed by atoms with Gasteiger partial charge < -0.3 is 20.5 Å². The van der Waals surface area contributed by atoms with Crippen LogP contribution in [0.3, 0.4) is 0 Å². The number of hydrogen-bond acceptors (Lipinski definition) is 5. The number of piperazine rings is 1. The molecule has 1 amide bonds. The average molecular weight is 297 g/mol. The molecule has 0 spiro atoms. The van der Waals surface area contributed by atoms with Gasteiger partial charge in [-0.25, -0.2) is 0 Å². The molecule has 4 atom stereocenters. The minimum atomic E-state index is -0.913. The van der Waals surface area contributed by atoms with Crippen molar-refractivity contribution in [3.63, 3.8) is 0 Å². The van der Waals surface area contributed by atoms with Crippen molar-refractivity contribution in [1.29, 1.82) is 0 Å². The molecule has 3 aliphatic rings. The quantitative estimate of drug-likeness (QED) is 0.596. The first kappa shape index (κ1) is 14.7. The van der Waals surface area contributed by atoms with Crippen LogP contribution in [0.2, 0.25) is 0 Å². The molecule has 3 rings (SSSR count). The highest BCUT2D eigenvalue weighted by Crippen LogP contribution is 2.43. The molecule has 3 N–H and O–H groups in total. The van der Waals surface area contributed by atoms with E-state index in [-0.39, 0.29) is 18.1 Å². The van der Waals surface area contributed by atoms with Gasteiger partial charge in [0, 0.05) is 39.3 Å². The first-order chi connectivity index (χ1) is 10.2. The number of hydrogen-bond donors (Lipinski definition) is 3. The largest absolute Gasteiger partial charge is 0.481 e. The molecule has 0 aromatic carbocycles. The number of amides is 1. The standard InChI is InChI=1S/C14H23N3O4/c18-13(16-5-8-17-6-3-15-4-7-17)11-9-1-2-10(21-9)12(11)14(19)20/h9-12,15H,1-8H2,(H,16,18)(H,19,20)/t9-,10+,11?,12?/m1/s1. The number of nitrogens with one attached hydrogen (secondary N) is 2. The second-order valence-electron chi connectivity index (χ2n) is 6.06. The molecule has 0 aromatic heterocycles. The van der Waals surface area contributed by atoms with Crippen LogP contribution in [0.1, 0.15) is 12.8 Å². The van der Waals surface area contributed by atoms with E-state index >= 15 is 0 Å². The summed E-state index contributed by atoms with van der Waals surface area (Å²) in [6.45, 7) is 5.33. The zero-order valence-electron chi connectivity index (χ0n) is 12.1. The molecule has 7 nitrogen and oxygen atoms in total. The molecule has 3 fully saturated rings. The van der Waals surface area contributed by atoms with Gasteiger partial charge in [0.1, 0.15) is 0 Å². The monoisotopic (exact) mass is 297 g/mol.